The number of rotatable bonds is 9. The minimum Gasteiger partial charge on any atom is -0.376 e. The van der Waals surface area contributed by atoms with E-state index in [1.165, 1.54) is 7.11 Å². The lowest BCUT2D eigenvalue weighted by Gasteiger charge is -2.23. The highest BCUT2D eigenvalue weighted by Crippen LogP contribution is 2.20. The van der Waals surface area contributed by atoms with E-state index in [1.807, 2.05) is 49.4 Å². The van der Waals surface area contributed by atoms with Crippen LogP contribution in [0.4, 0.5) is 5.69 Å². The van der Waals surface area contributed by atoms with Gasteiger partial charge in [0.15, 0.2) is 0 Å². The molecule has 1 aliphatic heterocycles. The van der Waals surface area contributed by atoms with E-state index in [1.54, 1.807) is 4.90 Å². The number of benzene rings is 2. The second-order valence-electron chi connectivity index (χ2n) is 7.68. The van der Waals surface area contributed by atoms with Crippen molar-refractivity contribution in [2.24, 2.45) is 0 Å². The van der Waals surface area contributed by atoms with Gasteiger partial charge in [-0.15, -0.1) is 0 Å². The van der Waals surface area contributed by atoms with Crippen molar-refractivity contribution in [2.45, 2.75) is 38.8 Å². The summed E-state index contributed by atoms with van der Waals surface area (Å²) in [7, 11) is 1.51. The predicted octanol–water partition coefficient (Wildman–Crippen LogP) is 3.01. The number of anilines is 1. The van der Waals surface area contributed by atoms with Gasteiger partial charge in [0.25, 0.3) is 5.91 Å². The Bertz CT molecular complexity index is 845. The number of ether oxygens (including phenoxy) is 2. The van der Waals surface area contributed by atoms with Gasteiger partial charge in [0, 0.05) is 25.9 Å². The number of nitrogens with one attached hydrogen (secondary N) is 1. The molecule has 1 aliphatic rings. The molecule has 0 saturated carbocycles. The fraction of sp³-hybridized carbons (Fsp3) is 0.417. The summed E-state index contributed by atoms with van der Waals surface area (Å²) in [6, 6.07) is 15.6. The van der Waals surface area contributed by atoms with Crippen LogP contribution in [-0.2, 0) is 32.0 Å². The molecule has 0 spiro atoms. The zero-order chi connectivity index (χ0) is 21.3. The Morgan fingerprint density at radius 1 is 1.17 bits per heavy atom. The third kappa shape index (κ3) is 6.40. The van der Waals surface area contributed by atoms with Gasteiger partial charge in [0.1, 0.15) is 6.61 Å². The van der Waals surface area contributed by atoms with Gasteiger partial charge in [-0.25, -0.2) is 0 Å². The average molecular weight is 411 g/mol. The van der Waals surface area contributed by atoms with E-state index in [9.17, 15) is 9.59 Å². The predicted molar refractivity (Wildman–Crippen MR) is 116 cm³/mol. The smallest absolute Gasteiger partial charge is 0.253 e. The first-order valence-electron chi connectivity index (χ1n) is 10.4. The van der Waals surface area contributed by atoms with Crippen molar-refractivity contribution < 1.29 is 19.1 Å². The fourth-order valence-corrected chi connectivity index (χ4v) is 3.59. The molecule has 2 aromatic rings. The minimum absolute atomic E-state index is 0.0131. The molecule has 1 saturated heterocycles. The Kier molecular flexibility index (Phi) is 7.99. The molecule has 3 rings (SSSR count). The Balaban J connectivity index is 1.63. The molecule has 0 aromatic heterocycles. The number of aryl methyl sites for hydroxylation is 1. The van der Waals surface area contributed by atoms with Gasteiger partial charge >= 0.3 is 0 Å². The summed E-state index contributed by atoms with van der Waals surface area (Å²) in [5.74, 6) is -0.133. The quantitative estimate of drug-likeness (QED) is 0.690. The minimum atomic E-state index is -0.110. The third-order valence-electron chi connectivity index (χ3n) is 5.16. The number of hydrogen-bond donors (Lipinski definition) is 1. The fourth-order valence-electron chi connectivity index (χ4n) is 3.59. The first-order chi connectivity index (χ1) is 14.5. The summed E-state index contributed by atoms with van der Waals surface area (Å²) in [6.45, 7) is 3.85. The van der Waals surface area contributed by atoms with Crippen molar-refractivity contribution in [3.8, 4) is 0 Å². The molecule has 0 bridgehead atoms. The summed E-state index contributed by atoms with van der Waals surface area (Å²) < 4.78 is 10.6. The number of hydrogen-bond acceptors (Lipinski definition) is 4. The molecule has 0 aliphatic carbocycles. The monoisotopic (exact) mass is 410 g/mol. The van der Waals surface area contributed by atoms with Crippen LogP contribution in [0.3, 0.4) is 0 Å². The van der Waals surface area contributed by atoms with Crippen LogP contribution in [0.1, 0.15) is 29.5 Å². The van der Waals surface area contributed by atoms with Crippen molar-refractivity contribution in [3.63, 3.8) is 0 Å². The Labute approximate surface area is 178 Å². The van der Waals surface area contributed by atoms with Crippen molar-refractivity contribution in [1.29, 1.82) is 0 Å². The molecule has 2 amide bonds. The molecule has 0 radical (unpaired) electrons. The van der Waals surface area contributed by atoms with E-state index in [0.29, 0.717) is 19.5 Å². The molecule has 1 N–H and O–H groups in total. The van der Waals surface area contributed by atoms with Gasteiger partial charge in [0.2, 0.25) is 5.91 Å². The Hall–Kier alpha value is -2.70. The lowest BCUT2D eigenvalue weighted by atomic mass is 10.1. The molecule has 1 fully saturated rings. The number of carbonyl (C=O) groups excluding carboxylic acids is 2. The molecule has 30 heavy (non-hydrogen) atoms. The van der Waals surface area contributed by atoms with E-state index in [4.69, 9.17) is 9.47 Å². The standard InChI is InChI=1S/C24H30N2O4/c1-18-5-3-6-20(13-18)16-26(24(28)17-29-2)21-10-8-19(9-11-21)14-23(27)25-15-22-7-4-12-30-22/h3,5-6,8-11,13,22H,4,7,12,14-17H2,1-2H3,(H,25,27)/t22-/m0/s1. The largest absolute Gasteiger partial charge is 0.376 e. The van der Waals surface area contributed by atoms with Crippen molar-refractivity contribution in [3.05, 3.63) is 65.2 Å². The first-order valence-corrected chi connectivity index (χ1v) is 10.4. The van der Waals surface area contributed by atoms with Crippen LogP contribution in [-0.4, -0.2) is 44.8 Å². The highest BCUT2D eigenvalue weighted by molar-refractivity contribution is 5.94. The molecular formula is C24H30N2O4. The topological polar surface area (TPSA) is 67.9 Å². The van der Waals surface area contributed by atoms with Crippen molar-refractivity contribution in [1.82, 2.24) is 5.32 Å². The lowest BCUT2D eigenvalue weighted by molar-refractivity contribution is -0.122. The highest BCUT2D eigenvalue weighted by atomic mass is 16.5. The number of amides is 2. The second-order valence-corrected chi connectivity index (χ2v) is 7.68. The second kappa shape index (κ2) is 10.9. The average Bonchev–Trinajstić information content (AvgIpc) is 3.25. The van der Waals surface area contributed by atoms with Gasteiger partial charge in [-0.2, -0.15) is 0 Å². The Morgan fingerprint density at radius 3 is 2.63 bits per heavy atom. The van der Waals surface area contributed by atoms with E-state index in [-0.39, 0.29) is 24.5 Å². The SMILES string of the molecule is COCC(=O)N(Cc1cccc(C)c1)c1ccc(CC(=O)NC[C@@H]2CCCO2)cc1. The van der Waals surface area contributed by atoms with Crippen LogP contribution in [0.15, 0.2) is 48.5 Å². The molecule has 160 valence electrons. The zero-order valence-corrected chi connectivity index (χ0v) is 17.7. The van der Waals surface area contributed by atoms with Gasteiger partial charge in [-0.3, -0.25) is 9.59 Å². The van der Waals surface area contributed by atoms with E-state index < -0.39 is 0 Å². The summed E-state index contributed by atoms with van der Waals surface area (Å²) >= 11 is 0. The summed E-state index contributed by atoms with van der Waals surface area (Å²) in [5, 5.41) is 2.94. The molecule has 6 heteroatoms. The molecule has 6 nitrogen and oxygen atoms in total. The summed E-state index contributed by atoms with van der Waals surface area (Å²) in [6.07, 6.45) is 2.50. The molecule has 0 unspecified atom stereocenters. The van der Waals surface area contributed by atoms with Gasteiger partial charge in [-0.05, 0) is 43.0 Å². The van der Waals surface area contributed by atoms with Crippen LogP contribution in [0.5, 0.6) is 0 Å². The first kappa shape index (κ1) is 22.0. The van der Waals surface area contributed by atoms with Gasteiger partial charge < -0.3 is 19.7 Å². The van der Waals surface area contributed by atoms with E-state index in [0.717, 1.165) is 41.8 Å². The van der Waals surface area contributed by atoms with Crippen LogP contribution >= 0.6 is 0 Å². The maximum Gasteiger partial charge on any atom is 0.253 e. The molecular weight excluding hydrogens is 380 g/mol. The molecule has 2 aromatic carbocycles. The van der Waals surface area contributed by atoms with Crippen molar-refractivity contribution >= 4 is 17.5 Å². The molecule has 1 heterocycles. The number of nitrogens with zero attached hydrogens (tertiary/aromatic N) is 1. The van der Waals surface area contributed by atoms with Crippen LogP contribution in [0.25, 0.3) is 0 Å². The van der Waals surface area contributed by atoms with Crippen molar-refractivity contribution in [2.75, 3.05) is 31.8 Å². The van der Waals surface area contributed by atoms with E-state index >= 15 is 0 Å². The van der Waals surface area contributed by atoms with Gasteiger partial charge in [0.05, 0.1) is 19.1 Å². The maximum atomic E-state index is 12.6. The highest BCUT2D eigenvalue weighted by Gasteiger charge is 2.18. The van der Waals surface area contributed by atoms with Crippen LogP contribution < -0.4 is 10.2 Å². The maximum absolute atomic E-state index is 12.6. The number of methoxy groups -OCH3 is 1. The summed E-state index contributed by atoms with van der Waals surface area (Å²) in [4.78, 5) is 26.5. The normalized spacial score (nSPS) is 15.7. The molecule has 1 atom stereocenters. The Morgan fingerprint density at radius 2 is 1.97 bits per heavy atom. The third-order valence-corrected chi connectivity index (χ3v) is 5.16. The lowest BCUT2D eigenvalue weighted by Crippen LogP contribution is -2.33. The summed E-state index contributed by atoms with van der Waals surface area (Å²) in [5.41, 5.74) is 3.88. The number of carbonyl (C=O) groups is 2. The van der Waals surface area contributed by atoms with Crippen LogP contribution in [0, 0.1) is 6.92 Å². The van der Waals surface area contributed by atoms with Crippen LogP contribution in [0.2, 0.25) is 0 Å². The van der Waals surface area contributed by atoms with E-state index in [2.05, 4.69) is 11.4 Å². The zero-order valence-electron chi connectivity index (χ0n) is 17.7. The van der Waals surface area contributed by atoms with Gasteiger partial charge in [-0.1, -0.05) is 42.0 Å².